The van der Waals surface area contributed by atoms with Crippen LogP contribution in [0.4, 0.5) is 0 Å². The normalized spacial score (nSPS) is 11.6. The summed E-state index contributed by atoms with van der Waals surface area (Å²) >= 11 is 0. The van der Waals surface area contributed by atoms with Gasteiger partial charge in [0.2, 0.25) is 5.91 Å². The van der Waals surface area contributed by atoms with Crippen molar-refractivity contribution in [2.75, 3.05) is 13.2 Å². The largest absolute Gasteiger partial charge is 0.484 e. The van der Waals surface area contributed by atoms with Crippen LogP contribution in [0.2, 0.25) is 0 Å². The molecule has 2 aromatic rings. The minimum Gasteiger partial charge on any atom is -0.484 e. The molecular formula is C23H30N2O3. The van der Waals surface area contributed by atoms with Crippen molar-refractivity contribution in [3.05, 3.63) is 64.7 Å². The Kier molecular flexibility index (Phi) is 7.61. The van der Waals surface area contributed by atoms with Crippen LogP contribution in [0.3, 0.4) is 0 Å². The van der Waals surface area contributed by atoms with E-state index in [0.29, 0.717) is 18.8 Å². The van der Waals surface area contributed by atoms with Gasteiger partial charge in [0.25, 0.3) is 5.91 Å². The van der Waals surface area contributed by atoms with Gasteiger partial charge in [-0.2, -0.15) is 0 Å². The molecule has 2 aromatic carbocycles. The minimum absolute atomic E-state index is 0.113. The van der Waals surface area contributed by atoms with Gasteiger partial charge in [-0.05, 0) is 63.4 Å². The van der Waals surface area contributed by atoms with Crippen LogP contribution in [0.15, 0.2) is 42.5 Å². The molecule has 5 nitrogen and oxygen atoms in total. The second kappa shape index (κ2) is 9.93. The maximum Gasteiger partial charge on any atom is 0.261 e. The maximum absolute atomic E-state index is 12.9. The number of hydrogen-bond acceptors (Lipinski definition) is 3. The van der Waals surface area contributed by atoms with Crippen molar-refractivity contribution in [2.24, 2.45) is 0 Å². The average Bonchev–Trinajstić information content (AvgIpc) is 2.64. The predicted molar refractivity (Wildman–Crippen MR) is 111 cm³/mol. The van der Waals surface area contributed by atoms with E-state index in [9.17, 15) is 9.59 Å². The lowest BCUT2D eigenvalue weighted by molar-refractivity contribution is -0.142. The fraction of sp³-hybridized carbons (Fsp3) is 0.391. The molecule has 0 radical (unpaired) electrons. The number of carbonyl (C=O) groups is 2. The molecule has 1 atom stereocenters. The number of ether oxygens (including phenoxy) is 1. The fourth-order valence-corrected chi connectivity index (χ4v) is 3.04. The van der Waals surface area contributed by atoms with Crippen LogP contribution in [0.1, 0.15) is 36.1 Å². The number of aryl methyl sites for hydroxylation is 3. The van der Waals surface area contributed by atoms with Gasteiger partial charge in [0, 0.05) is 13.1 Å². The van der Waals surface area contributed by atoms with E-state index in [1.165, 1.54) is 0 Å². The van der Waals surface area contributed by atoms with Crippen molar-refractivity contribution in [3.8, 4) is 5.75 Å². The molecule has 2 rings (SSSR count). The van der Waals surface area contributed by atoms with Crippen molar-refractivity contribution in [1.29, 1.82) is 0 Å². The third kappa shape index (κ3) is 6.12. The van der Waals surface area contributed by atoms with Crippen LogP contribution < -0.4 is 10.1 Å². The average molecular weight is 383 g/mol. The Morgan fingerprint density at radius 3 is 2.18 bits per heavy atom. The van der Waals surface area contributed by atoms with Crippen molar-refractivity contribution in [1.82, 2.24) is 10.2 Å². The molecule has 0 fully saturated rings. The van der Waals surface area contributed by atoms with Gasteiger partial charge in [-0.3, -0.25) is 9.59 Å². The highest BCUT2D eigenvalue weighted by Gasteiger charge is 2.26. The lowest BCUT2D eigenvalue weighted by Gasteiger charge is -2.28. The maximum atomic E-state index is 12.9. The molecule has 5 heteroatoms. The third-order valence-electron chi connectivity index (χ3n) is 4.55. The van der Waals surface area contributed by atoms with E-state index in [-0.39, 0.29) is 18.4 Å². The van der Waals surface area contributed by atoms with Gasteiger partial charge >= 0.3 is 0 Å². The van der Waals surface area contributed by atoms with Crippen LogP contribution >= 0.6 is 0 Å². The first-order valence-corrected chi connectivity index (χ1v) is 9.64. The smallest absolute Gasteiger partial charge is 0.261 e. The molecule has 1 N–H and O–H groups in total. The Morgan fingerprint density at radius 1 is 1.00 bits per heavy atom. The number of carbonyl (C=O) groups excluding carboxylic acids is 2. The Balaban J connectivity index is 2.14. The number of benzene rings is 2. The summed E-state index contributed by atoms with van der Waals surface area (Å²) in [5.74, 6) is 0.264. The van der Waals surface area contributed by atoms with E-state index >= 15 is 0 Å². The molecule has 0 aliphatic heterocycles. The Labute approximate surface area is 167 Å². The number of nitrogens with zero attached hydrogens (tertiary/aromatic N) is 1. The molecule has 0 unspecified atom stereocenters. The predicted octanol–water partition coefficient (Wildman–Crippen LogP) is 3.54. The molecule has 28 heavy (non-hydrogen) atoms. The first-order valence-electron chi connectivity index (χ1n) is 9.64. The molecule has 0 heterocycles. The summed E-state index contributed by atoms with van der Waals surface area (Å²) < 4.78 is 5.73. The number of nitrogens with one attached hydrogen (secondary N) is 1. The molecule has 0 aliphatic rings. The van der Waals surface area contributed by atoms with E-state index in [1.807, 2.05) is 64.1 Å². The van der Waals surface area contributed by atoms with Gasteiger partial charge in [0.05, 0.1) is 0 Å². The second-order valence-corrected chi connectivity index (χ2v) is 7.19. The molecule has 0 saturated heterocycles. The number of rotatable bonds is 8. The molecule has 0 spiro atoms. The highest BCUT2D eigenvalue weighted by Crippen LogP contribution is 2.17. The van der Waals surface area contributed by atoms with Crippen molar-refractivity contribution in [2.45, 2.75) is 47.2 Å². The third-order valence-corrected chi connectivity index (χ3v) is 4.55. The molecule has 0 aliphatic carbocycles. The monoisotopic (exact) mass is 382 g/mol. The lowest BCUT2D eigenvalue weighted by atomic mass is 10.1. The van der Waals surface area contributed by atoms with Gasteiger partial charge in [-0.25, -0.2) is 0 Å². The summed E-state index contributed by atoms with van der Waals surface area (Å²) in [7, 11) is 0. The zero-order valence-corrected chi connectivity index (χ0v) is 17.4. The quantitative estimate of drug-likeness (QED) is 0.760. The van der Waals surface area contributed by atoms with Crippen LogP contribution in [0.5, 0.6) is 5.75 Å². The fourth-order valence-electron chi connectivity index (χ4n) is 3.04. The number of hydrogen-bond donors (Lipinski definition) is 1. The van der Waals surface area contributed by atoms with Crippen LogP contribution in [0.25, 0.3) is 0 Å². The van der Waals surface area contributed by atoms with Crippen LogP contribution in [0, 0.1) is 20.8 Å². The van der Waals surface area contributed by atoms with E-state index < -0.39 is 6.04 Å². The standard InChI is InChI=1S/C23H30N2O3/c1-6-24-23(27)19(5)25(14-20-9-7-16(2)8-10-20)22(26)15-28-21-12-17(3)11-18(4)13-21/h7-13,19H,6,14-15H2,1-5H3,(H,24,27)/t19-/m1/s1. The van der Waals surface area contributed by atoms with Gasteiger partial charge in [0.1, 0.15) is 11.8 Å². The molecule has 2 amide bonds. The summed E-state index contributed by atoms with van der Waals surface area (Å²) in [5.41, 5.74) is 4.28. The first kappa shape index (κ1) is 21.5. The second-order valence-electron chi connectivity index (χ2n) is 7.19. The van der Waals surface area contributed by atoms with Crippen molar-refractivity contribution >= 4 is 11.8 Å². The summed E-state index contributed by atoms with van der Waals surface area (Å²) in [4.78, 5) is 26.8. The first-order chi connectivity index (χ1) is 13.3. The molecule has 0 saturated carbocycles. The number of amides is 2. The SMILES string of the molecule is CCNC(=O)[C@@H](C)N(Cc1ccc(C)cc1)C(=O)COc1cc(C)cc(C)c1. The van der Waals surface area contributed by atoms with E-state index in [1.54, 1.807) is 11.8 Å². The molecular weight excluding hydrogens is 352 g/mol. The van der Waals surface area contributed by atoms with Crippen molar-refractivity contribution in [3.63, 3.8) is 0 Å². The summed E-state index contributed by atoms with van der Waals surface area (Å²) in [6.07, 6.45) is 0. The summed E-state index contributed by atoms with van der Waals surface area (Å²) in [6.45, 7) is 10.4. The Morgan fingerprint density at radius 2 is 1.61 bits per heavy atom. The molecule has 0 aromatic heterocycles. The van der Waals surface area contributed by atoms with Gasteiger partial charge in [-0.15, -0.1) is 0 Å². The number of likely N-dealkylation sites (N-methyl/N-ethyl adjacent to an activating group) is 1. The van der Waals surface area contributed by atoms with E-state index in [0.717, 1.165) is 22.3 Å². The van der Waals surface area contributed by atoms with Crippen LogP contribution in [-0.4, -0.2) is 35.9 Å². The minimum atomic E-state index is -0.586. The highest BCUT2D eigenvalue weighted by atomic mass is 16.5. The zero-order valence-electron chi connectivity index (χ0n) is 17.4. The van der Waals surface area contributed by atoms with Gasteiger partial charge < -0.3 is 15.0 Å². The van der Waals surface area contributed by atoms with Gasteiger partial charge in [0.15, 0.2) is 6.61 Å². The Bertz CT molecular complexity index is 795. The highest BCUT2D eigenvalue weighted by molar-refractivity contribution is 5.87. The van der Waals surface area contributed by atoms with E-state index in [4.69, 9.17) is 4.74 Å². The van der Waals surface area contributed by atoms with E-state index in [2.05, 4.69) is 11.4 Å². The van der Waals surface area contributed by atoms with Gasteiger partial charge in [-0.1, -0.05) is 35.9 Å². The van der Waals surface area contributed by atoms with Crippen LogP contribution in [-0.2, 0) is 16.1 Å². The molecule has 150 valence electrons. The topological polar surface area (TPSA) is 58.6 Å². The molecule has 0 bridgehead atoms. The summed E-state index contributed by atoms with van der Waals surface area (Å²) in [5, 5.41) is 2.79. The lowest BCUT2D eigenvalue weighted by Crippen LogP contribution is -2.49. The Hall–Kier alpha value is -2.82. The zero-order chi connectivity index (χ0) is 20.7. The van der Waals surface area contributed by atoms with Crippen molar-refractivity contribution < 1.29 is 14.3 Å². The summed E-state index contributed by atoms with van der Waals surface area (Å²) in [6, 6.07) is 13.2.